The van der Waals surface area contributed by atoms with Gasteiger partial charge in [0, 0.05) is 6.54 Å². The molecule has 3 rings (SSSR count). The Hall–Kier alpha value is -2.91. The summed E-state index contributed by atoms with van der Waals surface area (Å²) in [4.78, 5) is 17.0. The summed E-state index contributed by atoms with van der Waals surface area (Å²) in [5, 5.41) is 3.15. The Morgan fingerprint density at radius 3 is 2.72 bits per heavy atom. The zero-order valence-electron chi connectivity index (χ0n) is 18.7. The van der Waals surface area contributed by atoms with Crippen LogP contribution in [-0.4, -0.2) is 36.6 Å². The molecule has 1 aromatic heterocycles. The third kappa shape index (κ3) is 5.66. The van der Waals surface area contributed by atoms with Gasteiger partial charge in [-0.15, -0.1) is 0 Å². The lowest BCUT2D eigenvalue weighted by Crippen LogP contribution is -2.42. The Labute approximate surface area is 189 Å². The van der Waals surface area contributed by atoms with E-state index in [2.05, 4.69) is 26.2 Å². The minimum Gasteiger partial charge on any atom is -0.460 e. The molecule has 0 saturated carbocycles. The van der Waals surface area contributed by atoms with Gasteiger partial charge in [-0.1, -0.05) is 38.6 Å². The minimum atomic E-state index is -3.89. The van der Waals surface area contributed by atoms with Crippen molar-refractivity contribution in [1.82, 2.24) is 19.6 Å². The highest BCUT2D eigenvalue weighted by Crippen LogP contribution is 2.20. The lowest BCUT2D eigenvalue weighted by atomic mass is 10.1. The second kappa shape index (κ2) is 10.1. The number of rotatable bonds is 10. The highest BCUT2D eigenvalue weighted by atomic mass is 32.2. The molecule has 9 heteroatoms. The number of aryl methyl sites for hydroxylation is 1. The Kier molecular flexibility index (Phi) is 7.52. The topological polar surface area (TPSA) is 102 Å². The smallest absolute Gasteiger partial charge is 0.324 e. The molecule has 32 heavy (non-hydrogen) atoms. The van der Waals surface area contributed by atoms with Gasteiger partial charge in [0.25, 0.3) is 0 Å². The molecule has 0 amide bonds. The summed E-state index contributed by atoms with van der Waals surface area (Å²) in [5.74, 6) is 0.396. The number of ether oxygens (including phenoxy) is 1. The maximum absolute atomic E-state index is 12.9. The van der Waals surface area contributed by atoms with Crippen molar-refractivity contribution in [3.8, 4) is 0 Å². The fraction of sp³-hybridized carbons (Fsp3) is 0.391. The molecule has 1 aromatic carbocycles. The van der Waals surface area contributed by atoms with Gasteiger partial charge in [0.1, 0.15) is 18.5 Å². The highest BCUT2D eigenvalue weighted by Gasteiger charge is 2.27. The number of carbonyl (C=O) groups is 1. The van der Waals surface area contributed by atoms with Crippen LogP contribution in [0.25, 0.3) is 6.08 Å². The van der Waals surface area contributed by atoms with Crippen molar-refractivity contribution in [3.63, 3.8) is 0 Å². The predicted molar refractivity (Wildman–Crippen MR) is 123 cm³/mol. The molecular weight excluding hydrogens is 428 g/mol. The molecule has 0 saturated heterocycles. The summed E-state index contributed by atoms with van der Waals surface area (Å²) in [7, 11) is -3.89. The maximum Gasteiger partial charge on any atom is 0.324 e. The first-order valence-corrected chi connectivity index (χ1v) is 12.0. The van der Waals surface area contributed by atoms with Gasteiger partial charge in [-0.05, 0) is 49.2 Å². The predicted octanol–water partition coefficient (Wildman–Crippen LogP) is 2.74. The molecule has 2 heterocycles. The van der Waals surface area contributed by atoms with Crippen molar-refractivity contribution in [2.24, 2.45) is 5.92 Å². The summed E-state index contributed by atoms with van der Waals surface area (Å²) in [6.45, 7) is 10.6. The van der Waals surface area contributed by atoms with Crippen molar-refractivity contribution in [3.05, 3.63) is 65.9 Å². The number of nitrogens with one attached hydrogen (secondary N) is 2. The van der Waals surface area contributed by atoms with E-state index in [-0.39, 0.29) is 17.4 Å². The molecule has 0 unspecified atom stereocenters. The van der Waals surface area contributed by atoms with E-state index in [1.807, 2.05) is 33.0 Å². The van der Waals surface area contributed by atoms with Gasteiger partial charge in [-0.2, -0.15) is 4.72 Å². The van der Waals surface area contributed by atoms with E-state index >= 15 is 0 Å². The van der Waals surface area contributed by atoms with Crippen LogP contribution in [0.15, 0.2) is 48.0 Å². The summed E-state index contributed by atoms with van der Waals surface area (Å²) in [6.07, 6.45) is 5.67. The molecule has 2 aromatic rings. The molecule has 0 radical (unpaired) electrons. The van der Waals surface area contributed by atoms with E-state index in [4.69, 9.17) is 4.74 Å². The number of benzene rings is 1. The first-order chi connectivity index (χ1) is 15.2. The lowest BCUT2D eigenvalue weighted by molar-refractivity contribution is -0.144. The number of carbonyl (C=O) groups excluding carboxylic acids is 1. The molecule has 0 bridgehead atoms. The van der Waals surface area contributed by atoms with E-state index in [0.29, 0.717) is 19.5 Å². The lowest BCUT2D eigenvalue weighted by Gasteiger charge is -2.19. The van der Waals surface area contributed by atoms with Crippen LogP contribution in [0.5, 0.6) is 0 Å². The van der Waals surface area contributed by atoms with Crippen molar-refractivity contribution >= 4 is 22.1 Å². The number of aromatic nitrogens is 2. The molecule has 172 valence electrons. The normalized spacial score (nSPS) is 14.0. The molecular formula is C23H30N4O4S. The van der Waals surface area contributed by atoms with Gasteiger partial charge in [0.2, 0.25) is 10.0 Å². The fourth-order valence-corrected chi connectivity index (χ4v) is 4.77. The fourth-order valence-electron chi connectivity index (χ4n) is 3.57. The molecule has 1 aliphatic heterocycles. The van der Waals surface area contributed by atoms with Gasteiger partial charge in [-0.25, -0.2) is 13.4 Å². The largest absolute Gasteiger partial charge is 0.460 e. The summed E-state index contributed by atoms with van der Waals surface area (Å²) >= 11 is 0. The third-order valence-corrected chi connectivity index (χ3v) is 6.60. The van der Waals surface area contributed by atoms with E-state index in [1.54, 1.807) is 24.3 Å². The Balaban J connectivity index is 1.75. The molecule has 0 spiro atoms. The van der Waals surface area contributed by atoms with E-state index in [1.165, 1.54) is 6.08 Å². The molecule has 2 N–H and O–H groups in total. The number of hydrogen-bond donors (Lipinski definition) is 2. The standard InChI is InChI=1S/C23H30N4O4S/c1-5-12-31-23(28)20(13-16(2)3)26-32(29,30)19-8-6-18(7-9-19)15-27-17(4)25-21-14-24-11-10-22(21)27/h5-11,16,20,24,26H,1,12-15H2,2-4H3/t20-/m0/s1. The van der Waals surface area contributed by atoms with E-state index in [9.17, 15) is 13.2 Å². The zero-order valence-corrected chi connectivity index (χ0v) is 19.5. The van der Waals surface area contributed by atoms with Crippen LogP contribution in [0.2, 0.25) is 0 Å². The van der Waals surface area contributed by atoms with Crippen LogP contribution in [-0.2, 0) is 32.6 Å². The molecule has 8 nitrogen and oxygen atoms in total. The van der Waals surface area contributed by atoms with Crippen LogP contribution >= 0.6 is 0 Å². The summed E-state index contributed by atoms with van der Waals surface area (Å²) in [5.41, 5.74) is 2.99. The third-order valence-electron chi connectivity index (χ3n) is 5.11. The minimum absolute atomic E-state index is 0.0342. The second-order valence-electron chi connectivity index (χ2n) is 8.16. The van der Waals surface area contributed by atoms with Crippen molar-refractivity contribution in [1.29, 1.82) is 0 Å². The zero-order chi connectivity index (χ0) is 23.3. The van der Waals surface area contributed by atoms with Gasteiger partial charge >= 0.3 is 5.97 Å². The van der Waals surface area contributed by atoms with Crippen LogP contribution in [0.1, 0.15) is 43.0 Å². The number of esters is 1. The van der Waals surface area contributed by atoms with Crippen LogP contribution in [0.4, 0.5) is 0 Å². The second-order valence-corrected chi connectivity index (χ2v) is 9.87. The van der Waals surface area contributed by atoms with E-state index < -0.39 is 22.0 Å². The molecule has 1 aliphatic rings. The number of sulfonamides is 1. The Bertz CT molecular complexity index is 1100. The van der Waals surface area contributed by atoms with Crippen LogP contribution in [0.3, 0.4) is 0 Å². The van der Waals surface area contributed by atoms with Crippen LogP contribution < -0.4 is 10.0 Å². The average Bonchev–Trinajstić information content (AvgIpc) is 3.06. The monoisotopic (exact) mass is 458 g/mol. The Morgan fingerprint density at radius 2 is 2.06 bits per heavy atom. The highest BCUT2D eigenvalue weighted by molar-refractivity contribution is 7.89. The van der Waals surface area contributed by atoms with Crippen molar-refractivity contribution in [2.75, 3.05) is 6.61 Å². The molecule has 1 atom stereocenters. The average molecular weight is 459 g/mol. The first kappa shape index (κ1) is 23.7. The van der Waals surface area contributed by atoms with Crippen LogP contribution in [0, 0.1) is 12.8 Å². The van der Waals surface area contributed by atoms with Gasteiger partial charge in [-0.3, -0.25) is 4.79 Å². The number of hydrogen-bond acceptors (Lipinski definition) is 6. The Morgan fingerprint density at radius 1 is 1.34 bits per heavy atom. The quantitative estimate of drug-likeness (QED) is 0.419. The molecule has 0 fully saturated rings. The van der Waals surface area contributed by atoms with Gasteiger partial charge in [0.15, 0.2) is 0 Å². The number of fused-ring (bicyclic) bond motifs is 1. The van der Waals surface area contributed by atoms with E-state index in [0.717, 1.165) is 22.8 Å². The van der Waals surface area contributed by atoms with Gasteiger partial charge < -0.3 is 14.6 Å². The maximum atomic E-state index is 12.9. The SMILES string of the molecule is C=CCOC(=O)[C@H](CC(C)C)NS(=O)(=O)c1ccc(Cn2c(C)nc3c2C=CNC3)cc1. The number of nitrogens with zero attached hydrogens (tertiary/aromatic N) is 2. The van der Waals surface area contributed by atoms with Crippen molar-refractivity contribution < 1.29 is 17.9 Å². The van der Waals surface area contributed by atoms with Gasteiger partial charge in [0.05, 0.1) is 22.8 Å². The number of imidazole rings is 1. The summed E-state index contributed by atoms with van der Waals surface area (Å²) in [6, 6.07) is 5.70. The molecule has 0 aliphatic carbocycles. The first-order valence-electron chi connectivity index (χ1n) is 10.6. The van der Waals surface area contributed by atoms with Crippen molar-refractivity contribution in [2.45, 2.75) is 51.2 Å². The summed E-state index contributed by atoms with van der Waals surface area (Å²) < 4.78 is 35.5.